The SMILES string of the molecule is COc1ccc(C2COc3c(ccc(-n4nnc5ccccc54)c3C)C2=O)cc1OC. The van der Waals surface area contributed by atoms with E-state index in [1.165, 1.54) is 0 Å². The van der Waals surface area contributed by atoms with Gasteiger partial charge < -0.3 is 14.2 Å². The van der Waals surface area contributed by atoms with Crippen molar-refractivity contribution >= 4 is 16.8 Å². The fraction of sp³-hybridized carbons (Fsp3) is 0.208. The number of nitrogens with zero attached hydrogens (tertiary/aromatic N) is 3. The smallest absolute Gasteiger partial charge is 0.177 e. The number of carbonyl (C=O) groups is 1. The summed E-state index contributed by atoms with van der Waals surface area (Å²) in [7, 11) is 3.16. The second-order valence-corrected chi connectivity index (χ2v) is 7.42. The summed E-state index contributed by atoms with van der Waals surface area (Å²) in [5.74, 6) is 1.41. The highest BCUT2D eigenvalue weighted by atomic mass is 16.5. The van der Waals surface area contributed by atoms with E-state index >= 15 is 0 Å². The summed E-state index contributed by atoms with van der Waals surface area (Å²) in [5.41, 5.74) is 4.80. The molecule has 7 heteroatoms. The van der Waals surface area contributed by atoms with Gasteiger partial charge in [-0.2, -0.15) is 0 Å². The lowest BCUT2D eigenvalue weighted by atomic mass is 9.87. The summed E-state index contributed by atoms with van der Waals surface area (Å²) in [5, 5.41) is 8.52. The van der Waals surface area contributed by atoms with E-state index in [2.05, 4.69) is 10.3 Å². The molecular weight excluding hydrogens is 394 g/mol. The first-order chi connectivity index (χ1) is 15.1. The lowest BCUT2D eigenvalue weighted by molar-refractivity contribution is 0.0895. The standard InChI is InChI=1S/C24H21N3O4/c1-14-19(27-20-7-5-4-6-18(20)25-26-27)10-9-16-23(28)17(13-31-24(14)16)15-8-11-21(29-2)22(12-15)30-3/h4-12,17H,13H2,1-3H3. The zero-order chi connectivity index (χ0) is 21.5. The van der Waals surface area contributed by atoms with E-state index in [0.29, 0.717) is 22.8 Å². The number of Topliss-reactive ketones (excluding diaryl/α,β-unsaturated/α-hetero) is 1. The molecule has 1 unspecified atom stereocenters. The Kier molecular flexibility index (Phi) is 4.58. The first-order valence-corrected chi connectivity index (χ1v) is 9.95. The molecule has 1 aliphatic rings. The van der Waals surface area contributed by atoms with Gasteiger partial charge in [0.25, 0.3) is 0 Å². The van der Waals surface area contributed by atoms with Crippen molar-refractivity contribution in [1.29, 1.82) is 0 Å². The van der Waals surface area contributed by atoms with Crippen molar-refractivity contribution in [3.8, 4) is 22.9 Å². The number of hydrogen-bond donors (Lipinski definition) is 0. The van der Waals surface area contributed by atoms with Crippen LogP contribution in [0.15, 0.2) is 54.6 Å². The number of carbonyl (C=O) groups excluding carboxylic acids is 1. The Balaban J connectivity index is 1.54. The lowest BCUT2D eigenvalue weighted by Gasteiger charge is -2.27. The number of aromatic nitrogens is 3. The molecule has 7 nitrogen and oxygen atoms in total. The van der Waals surface area contributed by atoms with Crippen LogP contribution in [0.4, 0.5) is 0 Å². The van der Waals surface area contributed by atoms with Crippen LogP contribution in [0.1, 0.15) is 27.4 Å². The van der Waals surface area contributed by atoms with Gasteiger partial charge in [-0.05, 0) is 48.9 Å². The van der Waals surface area contributed by atoms with Crippen LogP contribution in [0.3, 0.4) is 0 Å². The second-order valence-electron chi connectivity index (χ2n) is 7.42. The molecule has 0 aliphatic carbocycles. The number of ether oxygens (including phenoxy) is 3. The Hall–Kier alpha value is -3.87. The van der Waals surface area contributed by atoms with E-state index in [9.17, 15) is 4.79 Å². The maximum absolute atomic E-state index is 13.3. The van der Waals surface area contributed by atoms with Gasteiger partial charge in [-0.3, -0.25) is 4.79 Å². The van der Waals surface area contributed by atoms with Crippen molar-refractivity contribution in [2.45, 2.75) is 12.8 Å². The highest BCUT2D eigenvalue weighted by Crippen LogP contribution is 2.39. The molecule has 0 N–H and O–H groups in total. The predicted molar refractivity (Wildman–Crippen MR) is 116 cm³/mol. The van der Waals surface area contributed by atoms with Crippen LogP contribution < -0.4 is 14.2 Å². The summed E-state index contributed by atoms with van der Waals surface area (Å²) < 4.78 is 18.6. The number of ketones is 1. The number of hydrogen-bond acceptors (Lipinski definition) is 6. The first kappa shape index (κ1) is 19.1. The van der Waals surface area contributed by atoms with E-state index in [0.717, 1.165) is 27.8 Å². The molecule has 0 radical (unpaired) electrons. The quantitative estimate of drug-likeness (QED) is 0.499. The molecule has 1 aromatic heterocycles. The van der Waals surface area contributed by atoms with Crippen LogP contribution in [0, 0.1) is 6.92 Å². The van der Waals surface area contributed by atoms with Crippen LogP contribution >= 0.6 is 0 Å². The molecule has 0 fully saturated rings. The van der Waals surface area contributed by atoms with Gasteiger partial charge in [0.05, 0.1) is 36.9 Å². The normalized spacial score (nSPS) is 15.5. The van der Waals surface area contributed by atoms with Crippen molar-refractivity contribution < 1.29 is 19.0 Å². The monoisotopic (exact) mass is 415 g/mol. The molecule has 1 atom stereocenters. The van der Waals surface area contributed by atoms with Gasteiger partial charge in [0, 0.05) is 5.56 Å². The van der Waals surface area contributed by atoms with E-state index in [1.54, 1.807) is 25.0 Å². The molecule has 0 saturated heterocycles. The zero-order valence-corrected chi connectivity index (χ0v) is 17.5. The summed E-state index contributed by atoms with van der Waals surface area (Å²) in [6.45, 7) is 2.19. The van der Waals surface area contributed by atoms with Crippen molar-refractivity contribution in [2.75, 3.05) is 20.8 Å². The minimum absolute atomic E-state index is 0.0200. The Morgan fingerprint density at radius 3 is 2.65 bits per heavy atom. The lowest BCUT2D eigenvalue weighted by Crippen LogP contribution is -2.27. The van der Waals surface area contributed by atoms with Gasteiger partial charge in [-0.15, -0.1) is 5.10 Å². The molecule has 31 heavy (non-hydrogen) atoms. The fourth-order valence-electron chi connectivity index (χ4n) is 4.08. The first-order valence-electron chi connectivity index (χ1n) is 9.95. The molecule has 156 valence electrons. The van der Waals surface area contributed by atoms with Gasteiger partial charge in [-0.25, -0.2) is 4.68 Å². The highest BCUT2D eigenvalue weighted by molar-refractivity contribution is 6.05. The van der Waals surface area contributed by atoms with Gasteiger partial charge in [0.2, 0.25) is 0 Å². The Morgan fingerprint density at radius 1 is 1.03 bits per heavy atom. The van der Waals surface area contributed by atoms with Crippen LogP contribution in [0.25, 0.3) is 16.7 Å². The van der Waals surface area contributed by atoms with Crippen molar-refractivity contribution in [1.82, 2.24) is 15.0 Å². The Labute approximate surface area is 179 Å². The molecule has 3 aromatic carbocycles. The molecule has 0 spiro atoms. The highest BCUT2D eigenvalue weighted by Gasteiger charge is 2.32. The molecule has 0 bridgehead atoms. The average Bonchev–Trinajstić information content (AvgIpc) is 3.23. The number of benzene rings is 3. The maximum Gasteiger partial charge on any atom is 0.177 e. The van der Waals surface area contributed by atoms with Crippen LogP contribution in [0.2, 0.25) is 0 Å². The van der Waals surface area contributed by atoms with Crippen molar-refractivity contribution in [3.05, 3.63) is 71.3 Å². The maximum atomic E-state index is 13.3. The molecule has 0 amide bonds. The molecule has 1 aliphatic heterocycles. The van der Waals surface area contributed by atoms with E-state index in [-0.39, 0.29) is 12.4 Å². The molecule has 5 rings (SSSR count). The van der Waals surface area contributed by atoms with Crippen molar-refractivity contribution in [3.63, 3.8) is 0 Å². The molecule has 4 aromatic rings. The number of rotatable bonds is 4. The summed E-state index contributed by atoms with van der Waals surface area (Å²) in [4.78, 5) is 13.3. The fourth-order valence-corrected chi connectivity index (χ4v) is 4.08. The van der Waals surface area contributed by atoms with Gasteiger partial charge in [0.15, 0.2) is 17.3 Å². The van der Waals surface area contributed by atoms with Gasteiger partial charge in [0.1, 0.15) is 17.9 Å². The van der Waals surface area contributed by atoms with Gasteiger partial charge >= 0.3 is 0 Å². The average molecular weight is 415 g/mol. The number of fused-ring (bicyclic) bond motifs is 2. The zero-order valence-electron chi connectivity index (χ0n) is 17.5. The number of para-hydroxylation sites is 1. The molecular formula is C24H21N3O4. The minimum Gasteiger partial charge on any atom is -0.493 e. The third kappa shape index (κ3) is 3.01. The van der Waals surface area contributed by atoms with Crippen LogP contribution in [-0.2, 0) is 0 Å². The Morgan fingerprint density at radius 2 is 1.84 bits per heavy atom. The topological polar surface area (TPSA) is 75.5 Å². The predicted octanol–water partition coefficient (Wildman–Crippen LogP) is 4.11. The largest absolute Gasteiger partial charge is 0.493 e. The third-order valence-electron chi connectivity index (χ3n) is 5.74. The van der Waals surface area contributed by atoms with E-state index < -0.39 is 5.92 Å². The second kappa shape index (κ2) is 7.43. The third-order valence-corrected chi connectivity index (χ3v) is 5.74. The van der Waals surface area contributed by atoms with Crippen LogP contribution in [0.5, 0.6) is 17.2 Å². The minimum atomic E-state index is -0.412. The van der Waals surface area contributed by atoms with Crippen molar-refractivity contribution in [2.24, 2.45) is 0 Å². The summed E-state index contributed by atoms with van der Waals surface area (Å²) in [6.07, 6.45) is 0. The summed E-state index contributed by atoms with van der Waals surface area (Å²) in [6, 6.07) is 17.0. The van der Waals surface area contributed by atoms with E-state index in [4.69, 9.17) is 14.2 Å². The molecule has 0 saturated carbocycles. The Bertz CT molecular complexity index is 1310. The van der Waals surface area contributed by atoms with Gasteiger partial charge in [-0.1, -0.05) is 23.4 Å². The number of methoxy groups -OCH3 is 2. The van der Waals surface area contributed by atoms with E-state index in [1.807, 2.05) is 55.5 Å². The van der Waals surface area contributed by atoms with Crippen LogP contribution in [-0.4, -0.2) is 41.6 Å². The summed E-state index contributed by atoms with van der Waals surface area (Å²) >= 11 is 0. The molecule has 2 heterocycles.